The predicted octanol–water partition coefficient (Wildman–Crippen LogP) is 2.55. The van der Waals surface area contributed by atoms with Crippen LogP contribution in [0.15, 0.2) is 47.4 Å². The van der Waals surface area contributed by atoms with Gasteiger partial charge in [0.1, 0.15) is 12.0 Å². The molecule has 0 aliphatic carbocycles. The molecule has 0 saturated carbocycles. The van der Waals surface area contributed by atoms with Crippen LogP contribution >= 0.6 is 0 Å². The number of anilines is 2. The Bertz CT molecular complexity index is 1130. The first-order chi connectivity index (χ1) is 14.5. The minimum absolute atomic E-state index is 0.230. The van der Waals surface area contributed by atoms with Crippen LogP contribution in [0.3, 0.4) is 0 Å². The van der Waals surface area contributed by atoms with E-state index in [-0.39, 0.29) is 6.54 Å². The van der Waals surface area contributed by atoms with Gasteiger partial charge in [0.25, 0.3) is 0 Å². The number of nitrogens with zero attached hydrogens (tertiary/aromatic N) is 4. The first-order valence-electron chi connectivity index (χ1n) is 10.1. The van der Waals surface area contributed by atoms with Crippen LogP contribution in [0.2, 0.25) is 0 Å². The molecule has 0 amide bonds. The Kier molecular flexibility index (Phi) is 4.91. The maximum Gasteiger partial charge on any atom is 0.228 e. The highest BCUT2D eigenvalue weighted by Crippen LogP contribution is 2.31. The van der Waals surface area contributed by atoms with Gasteiger partial charge in [-0.3, -0.25) is 4.21 Å². The van der Waals surface area contributed by atoms with Crippen LogP contribution < -0.4 is 15.5 Å². The molecule has 0 spiro atoms. The Hall–Kier alpha value is -2.58. The monoisotopic (exact) mass is 425 g/mol. The summed E-state index contributed by atoms with van der Waals surface area (Å²) in [5, 5.41) is 0.902. The molecule has 156 valence electrons. The van der Waals surface area contributed by atoms with Crippen molar-refractivity contribution in [1.29, 1.82) is 0 Å². The van der Waals surface area contributed by atoms with Crippen LogP contribution in [0.1, 0.15) is 11.1 Å². The molecule has 1 aromatic heterocycles. The van der Waals surface area contributed by atoms with E-state index in [9.17, 15) is 8.60 Å². The largest absolute Gasteiger partial charge is 0.351 e. The standard InChI is InChI=1S/C22H24FN5OS/c1-14-6-7-19-16(10-14)21(28-12-17(23)18(24)13-28)26-22(25-19)27-8-9-30(29)20-5-3-2-4-15(20)11-27/h2-7,10,17-18H,8-9,11-13,24H2,1H3. The van der Waals surface area contributed by atoms with E-state index in [1.807, 2.05) is 54.3 Å². The Morgan fingerprint density at radius 3 is 2.77 bits per heavy atom. The van der Waals surface area contributed by atoms with Crippen LogP contribution in [-0.4, -0.2) is 51.8 Å². The number of fused-ring (bicyclic) bond motifs is 2. The van der Waals surface area contributed by atoms with E-state index >= 15 is 0 Å². The lowest BCUT2D eigenvalue weighted by molar-refractivity contribution is 0.333. The number of benzene rings is 2. The van der Waals surface area contributed by atoms with Gasteiger partial charge >= 0.3 is 0 Å². The van der Waals surface area contributed by atoms with E-state index in [1.165, 1.54) is 0 Å². The van der Waals surface area contributed by atoms with E-state index in [0.29, 0.717) is 37.2 Å². The lowest BCUT2D eigenvalue weighted by Gasteiger charge is -2.24. The summed E-state index contributed by atoms with van der Waals surface area (Å²) in [6.07, 6.45) is -1.07. The fourth-order valence-electron chi connectivity index (χ4n) is 4.17. The summed E-state index contributed by atoms with van der Waals surface area (Å²) in [4.78, 5) is 14.6. The van der Waals surface area contributed by atoms with Crippen molar-refractivity contribution >= 4 is 33.5 Å². The molecule has 3 heterocycles. The van der Waals surface area contributed by atoms with Gasteiger partial charge in [-0.25, -0.2) is 9.37 Å². The average Bonchev–Trinajstić information content (AvgIpc) is 2.98. The van der Waals surface area contributed by atoms with E-state index in [0.717, 1.165) is 26.9 Å². The third kappa shape index (κ3) is 3.44. The number of nitrogens with two attached hydrogens (primary N) is 1. The van der Waals surface area contributed by atoms with Crippen molar-refractivity contribution in [3.63, 3.8) is 0 Å². The number of aromatic nitrogens is 2. The lowest BCUT2D eigenvalue weighted by atomic mass is 10.1. The minimum Gasteiger partial charge on any atom is -0.351 e. The second kappa shape index (κ2) is 7.59. The number of rotatable bonds is 2. The lowest BCUT2D eigenvalue weighted by Crippen LogP contribution is -2.31. The van der Waals surface area contributed by atoms with E-state index in [4.69, 9.17) is 15.7 Å². The van der Waals surface area contributed by atoms with Gasteiger partial charge in [-0.05, 0) is 30.7 Å². The van der Waals surface area contributed by atoms with Crippen LogP contribution in [-0.2, 0) is 17.3 Å². The SMILES string of the molecule is Cc1ccc2nc(N3CCS(=O)c4ccccc4C3)nc(N3CC(N)C(F)C3)c2c1. The summed E-state index contributed by atoms with van der Waals surface area (Å²) in [7, 11) is -1.05. The molecule has 0 radical (unpaired) electrons. The van der Waals surface area contributed by atoms with Gasteiger partial charge in [0.15, 0.2) is 0 Å². The molecule has 1 fully saturated rings. The minimum atomic E-state index is -1.07. The number of aryl methyl sites for hydroxylation is 1. The summed E-state index contributed by atoms with van der Waals surface area (Å²) >= 11 is 0. The van der Waals surface area contributed by atoms with Gasteiger partial charge in [0.05, 0.1) is 28.9 Å². The first kappa shape index (κ1) is 19.4. The second-order valence-corrected chi connectivity index (χ2v) is 9.57. The number of hydrogen-bond donors (Lipinski definition) is 1. The van der Waals surface area contributed by atoms with Crippen molar-refractivity contribution in [2.75, 3.05) is 35.2 Å². The highest BCUT2D eigenvalue weighted by molar-refractivity contribution is 7.85. The second-order valence-electron chi connectivity index (χ2n) is 8.03. The van der Waals surface area contributed by atoms with Crippen molar-refractivity contribution in [1.82, 2.24) is 9.97 Å². The molecule has 2 aliphatic rings. The van der Waals surface area contributed by atoms with E-state index in [2.05, 4.69) is 4.90 Å². The molecule has 8 heteroatoms. The molecule has 6 nitrogen and oxygen atoms in total. The van der Waals surface area contributed by atoms with E-state index in [1.54, 1.807) is 0 Å². The summed E-state index contributed by atoms with van der Waals surface area (Å²) in [5.74, 6) is 1.81. The molecule has 2 aromatic carbocycles. The molecule has 2 N–H and O–H groups in total. The van der Waals surface area contributed by atoms with Gasteiger partial charge in [-0.2, -0.15) is 4.98 Å². The smallest absolute Gasteiger partial charge is 0.228 e. The Morgan fingerprint density at radius 2 is 1.97 bits per heavy atom. The highest BCUT2D eigenvalue weighted by Gasteiger charge is 2.32. The summed E-state index contributed by atoms with van der Waals surface area (Å²) in [6, 6.07) is 13.3. The Labute approximate surface area is 177 Å². The van der Waals surface area contributed by atoms with Crippen molar-refractivity contribution in [3.8, 4) is 0 Å². The van der Waals surface area contributed by atoms with Crippen molar-refractivity contribution in [2.45, 2.75) is 30.6 Å². The predicted molar refractivity (Wildman–Crippen MR) is 118 cm³/mol. The zero-order valence-corrected chi connectivity index (χ0v) is 17.6. The Balaban J connectivity index is 1.60. The number of halogens is 1. The summed E-state index contributed by atoms with van der Waals surface area (Å²) in [5.41, 5.74) is 8.88. The third-order valence-electron chi connectivity index (χ3n) is 5.82. The zero-order valence-electron chi connectivity index (χ0n) is 16.8. The first-order valence-corrected chi connectivity index (χ1v) is 11.5. The maximum absolute atomic E-state index is 14.2. The summed E-state index contributed by atoms with van der Waals surface area (Å²) in [6.45, 7) is 3.85. The summed E-state index contributed by atoms with van der Waals surface area (Å²) < 4.78 is 26.9. The molecule has 3 aromatic rings. The molecule has 3 atom stereocenters. The zero-order chi connectivity index (χ0) is 20.8. The molecule has 2 aliphatic heterocycles. The van der Waals surface area contributed by atoms with Crippen molar-refractivity contribution in [3.05, 3.63) is 53.6 Å². The highest BCUT2D eigenvalue weighted by atomic mass is 32.2. The average molecular weight is 426 g/mol. The molecule has 0 bridgehead atoms. The molecular formula is C22H24FN5OS. The topological polar surface area (TPSA) is 75.4 Å². The van der Waals surface area contributed by atoms with Crippen LogP contribution in [0, 0.1) is 6.92 Å². The van der Waals surface area contributed by atoms with Crippen molar-refractivity contribution in [2.24, 2.45) is 5.73 Å². The maximum atomic E-state index is 14.2. The quantitative estimate of drug-likeness (QED) is 0.680. The number of hydrogen-bond acceptors (Lipinski definition) is 6. The fourth-order valence-corrected chi connectivity index (χ4v) is 5.44. The van der Waals surface area contributed by atoms with Gasteiger partial charge in [-0.1, -0.05) is 29.8 Å². The Morgan fingerprint density at radius 1 is 1.13 bits per heavy atom. The molecule has 3 unspecified atom stereocenters. The molecule has 1 saturated heterocycles. The molecular weight excluding hydrogens is 401 g/mol. The van der Waals surface area contributed by atoms with Gasteiger partial charge in [0, 0.05) is 35.7 Å². The van der Waals surface area contributed by atoms with E-state index < -0.39 is 23.0 Å². The van der Waals surface area contributed by atoms with Crippen molar-refractivity contribution < 1.29 is 8.60 Å². The number of alkyl halides is 1. The third-order valence-corrected chi connectivity index (χ3v) is 7.26. The van der Waals surface area contributed by atoms with Gasteiger partial charge in [0.2, 0.25) is 5.95 Å². The normalized spacial score (nSPS) is 24.2. The van der Waals surface area contributed by atoms with Crippen LogP contribution in [0.5, 0.6) is 0 Å². The fraction of sp³-hybridized carbons (Fsp3) is 0.364. The van der Waals surface area contributed by atoms with Crippen LogP contribution in [0.4, 0.5) is 16.2 Å². The van der Waals surface area contributed by atoms with Crippen LogP contribution in [0.25, 0.3) is 10.9 Å². The van der Waals surface area contributed by atoms with Gasteiger partial charge in [-0.15, -0.1) is 0 Å². The molecule has 30 heavy (non-hydrogen) atoms. The van der Waals surface area contributed by atoms with Gasteiger partial charge < -0.3 is 15.5 Å². The molecule has 5 rings (SSSR count).